The van der Waals surface area contributed by atoms with Crippen molar-refractivity contribution in [1.29, 1.82) is 0 Å². The third-order valence-corrected chi connectivity index (χ3v) is 3.47. The Morgan fingerprint density at radius 1 is 1.43 bits per heavy atom. The lowest BCUT2D eigenvalue weighted by atomic mass is 9.85. The molecule has 0 aromatic rings. The zero-order valence-electron chi connectivity index (χ0n) is 8.83. The molecule has 2 rings (SSSR count). The van der Waals surface area contributed by atoms with Gasteiger partial charge in [0.1, 0.15) is 0 Å². The van der Waals surface area contributed by atoms with Gasteiger partial charge in [-0.1, -0.05) is 0 Å². The molecule has 0 saturated carbocycles. The molecule has 1 N–H and O–H groups in total. The Labute approximate surface area is 85.4 Å². The standard InChI is InChI=1S/C11H19NO2/c1-11(4-2-10(13)3-5-11)12-6-8-14-9-7-12/h2,13H,3-9H2,1H3. The van der Waals surface area contributed by atoms with Gasteiger partial charge in [-0.3, -0.25) is 4.90 Å². The number of morpholine rings is 1. The van der Waals surface area contributed by atoms with Crippen molar-refractivity contribution in [1.82, 2.24) is 4.90 Å². The number of nitrogens with zero attached hydrogens (tertiary/aromatic N) is 1. The average molecular weight is 197 g/mol. The molecule has 0 aromatic carbocycles. The van der Waals surface area contributed by atoms with E-state index in [2.05, 4.69) is 11.8 Å². The predicted octanol–water partition coefficient (Wildman–Crippen LogP) is 1.70. The maximum atomic E-state index is 9.36. The van der Waals surface area contributed by atoms with Gasteiger partial charge in [0.15, 0.2) is 0 Å². The number of hydrogen-bond acceptors (Lipinski definition) is 3. The van der Waals surface area contributed by atoms with E-state index < -0.39 is 0 Å². The number of allylic oxidation sites excluding steroid dienone is 1. The van der Waals surface area contributed by atoms with Crippen LogP contribution in [0.4, 0.5) is 0 Å². The van der Waals surface area contributed by atoms with Crippen LogP contribution in [0.1, 0.15) is 26.2 Å². The fourth-order valence-electron chi connectivity index (χ4n) is 2.33. The third-order valence-electron chi connectivity index (χ3n) is 3.47. The van der Waals surface area contributed by atoms with E-state index in [1.807, 2.05) is 6.08 Å². The van der Waals surface area contributed by atoms with Gasteiger partial charge in [-0.2, -0.15) is 0 Å². The third kappa shape index (κ3) is 1.93. The van der Waals surface area contributed by atoms with E-state index in [4.69, 9.17) is 4.74 Å². The highest BCUT2D eigenvalue weighted by atomic mass is 16.5. The number of aliphatic hydroxyl groups excluding tert-OH is 1. The molecule has 1 aliphatic carbocycles. The molecule has 1 saturated heterocycles. The monoisotopic (exact) mass is 197 g/mol. The van der Waals surface area contributed by atoms with E-state index in [-0.39, 0.29) is 5.54 Å². The summed E-state index contributed by atoms with van der Waals surface area (Å²) in [6, 6.07) is 0. The molecule has 3 heteroatoms. The zero-order chi connectivity index (χ0) is 10.0. The zero-order valence-corrected chi connectivity index (χ0v) is 8.83. The summed E-state index contributed by atoms with van der Waals surface area (Å²) in [5.74, 6) is 0.565. The van der Waals surface area contributed by atoms with Crippen molar-refractivity contribution in [3.8, 4) is 0 Å². The fraction of sp³-hybridized carbons (Fsp3) is 0.818. The highest BCUT2D eigenvalue weighted by molar-refractivity contribution is 5.06. The molecule has 2 aliphatic rings. The first-order chi connectivity index (χ1) is 6.71. The quantitative estimate of drug-likeness (QED) is 0.694. The summed E-state index contributed by atoms with van der Waals surface area (Å²) in [6.45, 7) is 6.06. The summed E-state index contributed by atoms with van der Waals surface area (Å²) in [4.78, 5) is 2.50. The SMILES string of the molecule is CC1(N2CCOCC2)CC=C(O)CC1. The Kier molecular flexibility index (Phi) is 2.79. The molecule has 1 atom stereocenters. The number of ether oxygens (including phenoxy) is 1. The smallest absolute Gasteiger partial charge is 0.0884 e. The van der Waals surface area contributed by atoms with Gasteiger partial charge in [-0.05, 0) is 25.8 Å². The van der Waals surface area contributed by atoms with Crippen LogP contribution in [0, 0.1) is 0 Å². The Morgan fingerprint density at radius 3 is 2.71 bits per heavy atom. The molecule has 14 heavy (non-hydrogen) atoms. The van der Waals surface area contributed by atoms with Gasteiger partial charge in [0, 0.05) is 25.0 Å². The second kappa shape index (κ2) is 3.91. The van der Waals surface area contributed by atoms with Crippen LogP contribution in [0.15, 0.2) is 11.8 Å². The highest BCUT2D eigenvalue weighted by Crippen LogP contribution is 2.32. The lowest BCUT2D eigenvalue weighted by molar-refractivity contribution is -0.0215. The van der Waals surface area contributed by atoms with Crippen molar-refractivity contribution in [2.45, 2.75) is 31.7 Å². The predicted molar refractivity (Wildman–Crippen MR) is 55.4 cm³/mol. The van der Waals surface area contributed by atoms with Crippen molar-refractivity contribution < 1.29 is 9.84 Å². The molecule has 1 aliphatic heterocycles. The first-order valence-electron chi connectivity index (χ1n) is 5.41. The Bertz CT molecular complexity index is 233. The van der Waals surface area contributed by atoms with Crippen LogP contribution in [0.25, 0.3) is 0 Å². The molecule has 1 heterocycles. The lowest BCUT2D eigenvalue weighted by Gasteiger charge is -2.44. The summed E-state index contributed by atoms with van der Waals surface area (Å²) in [6.07, 6.45) is 4.83. The number of rotatable bonds is 1. The minimum absolute atomic E-state index is 0.246. The summed E-state index contributed by atoms with van der Waals surface area (Å²) in [5, 5.41) is 9.36. The second-order valence-corrected chi connectivity index (χ2v) is 4.50. The van der Waals surface area contributed by atoms with E-state index in [1.54, 1.807) is 0 Å². The molecule has 80 valence electrons. The van der Waals surface area contributed by atoms with Crippen LogP contribution in [-0.4, -0.2) is 41.8 Å². The largest absolute Gasteiger partial charge is 0.513 e. The summed E-state index contributed by atoms with van der Waals surface area (Å²) < 4.78 is 5.35. The normalized spacial score (nSPS) is 35.4. The van der Waals surface area contributed by atoms with Crippen molar-refractivity contribution in [2.24, 2.45) is 0 Å². The number of hydrogen-bond donors (Lipinski definition) is 1. The summed E-state index contributed by atoms with van der Waals surface area (Å²) in [7, 11) is 0. The summed E-state index contributed by atoms with van der Waals surface area (Å²) >= 11 is 0. The van der Waals surface area contributed by atoms with E-state index >= 15 is 0 Å². The van der Waals surface area contributed by atoms with Gasteiger partial charge in [0.2, 0.25) is 0 Å². The molecular formula is C11H19NO2. The fourth-order valence-corrected chi connectivity index (χ4v) is 2.33. The van der Waals surface area contributed by atoms with Crippen LogP contribution in [0.3, 0.4) is 0 Å². The lowest BCUT2D eigenvalue weighted by Crippen LogP contribution is -2.52. The molecule has 1 unspecified atom stereocenters. The van der Waals surface area contributed by atoms with Gasteiger partial charge in [-0.15, -0.1) is 0 Å². The van der Waals surface area contributed by atoms with Gasteiger partial charge >= 0.3 is 0 Å². The maximum absolute atomic E-state index is 9.36. The van der Waals surface area contributed by atoms with Crippen LogP contribution in [0.2, 0.25) is 0 Å². The van der Waals surface area contributed by atoms with E-state index in [9.17, 15) is 5.11 Å². The molecule has 3 nitrogen and oxygen atoms in total. The van der Waals surface area contributed by atoms with Gasteiger partial charge < -0.3 is 9.84 Å². The topological polar surface area (TPSA) is 32.7 Å². The van der Waals surface area contributed by atoms with Crippen LogP contribution < -0.4 is 0 Å². The molecule has 0 spiro atoms. The molecule has 0 bridgehead atoms. The van der Waals surface area contributed by atoms with Gasteiger partial charge in [-0.25, -0.2) is 0 Å². The van der Waals surface area contributed by atoms with Crippen molar-refractivity contribution in [2.75, 3.05) is 26.3 Å². The Morgan fingerprint density at radius 2 is 2.14 bits per heavy atom. The summed E-state index contributed by atoms with van der Waals surface area (Å²) in [5.41, 5.74) is 0.246. The van der Waals surface area contributed by atoms with E-state index in [0.717, 1.165) is 45.6 Å². The van der Waals surface area contributed by atoms with E-state index in [0.29, 0.717) is 5.76 Å². The van der Waals surface area contributed by atoms with Gasteiger partial charge in [0.05, 0.1) is 19.0 Å². The maximum Gasteiger partial charge on any atom is 0.0884 e. The Balaban J connectivity index is 2.01. The van der Waals surface area contributed by atoms with Crippen LogP contribution >= 0.6 is 0 Å². The average Bonchev–Trinajstić information content (AvgIpc) is 2.24. The highest BCUT2D eigenvalue weighted by Gasteiger charge is 2.33. The minimum Gasteiger partial charge on any atom is -0.513 e. The Hall–Kier alpha value is -0.540. The first kappa shape index (κ1) is 9.99. The van der Waals surface area contributed by atoms with Crippen LogP contribution in [-0.2, 0) is 4.74 Å². The second-order valence-electron chi connectivity index (χ2n) is 4.50. The van der Waals surface area contributed by atoms with Crippen LogP contribution in [0.5, 0.6) is 0 Å². The van der Waals surface area contributed by atoms with Gasteiger partial charge in [0.25, 0.3) is 0 Å². The molecular weight excluding hydrogens is 178 g/mol. The van der Waals surface area contributed by atoms with Crippen molar-refractivity contribution in [3.63, 3.8) is 0 Å². The molecule has 0 radical (unpaired) electrons. The van der Waals surface area contributed by atoms with Crippen molar-refractivity contribution in [3.05, 3.63) is 11.8 Å². The molecule has 0 amide bonds. The number of aliphatic hydroxyl groups is 1. The minimum atomic E-state index is 0.246. The molecule has 0 aromatic heterocycles. The van der Waals surface area contributed by atoms with Crippen molar-refractivity contribution >= 4 is 0 Å². The molecule has 1 fully saturated rings. The van der Waals surface area contributed by atoms with E-state index in [1.165, 1.54) is 0 Å². The first-order valence-corrected chi connectivity index (χ1v) is 5.41.